The second kappa shape index (κ2) is 4.97. The van der Waals surface area contributed by atoms with E-state index in [-0.39, 0.29) is 11.5 Å². The third-order valence-corrected chi connectivity index (χ3v) is 4.45. The number of likely N-dealkylation sites (tertiary alicyclic amines) is 1. The summed E-state index contributed by atoms with van der Waals surface area (Å²) in [6, 6.07) is 0.176. The van der Waals surface area contributed by atoms with Crippen molar-refractivity contribution in [1.29, 1.82) is 0 Å². The summed E-state index contributed by atoms with van der Waals surface area (Å²) in [6.07, 6.45) is 6.88. The Morgan fingerprint density at radius 2 is 1.88 bits per heavy atom. The molecule has 98 valence electrons. The second-order valence-electron chi connectivity index (χ2n) is 6.43. The van der Waals surface area contributed by atoms with Crippen LogP contribution >= 0.6 is 0 Å². The van der Waals surface area contributed by atoms with Crippen LogP contribution in [0.1, 0.15) is 52.4 Å². The number of carbonyl (C=O) groups is 1. The van der Waals surface area contributed by atoms with E-state index in [4.69, 9.17) is 5.73 Å². The summed E-state index contributed by atoms with van der Waals surface area (Å²) in [5, 5.41) is 0. The van der Waals surface area contributed by atoms with Gasteiger partial charge in [0.2, 0.25) is 5.91 Å². The molecular weight excluding hydrogens is 212 g/mol. The van der Waals surface area contributed by atoms with Crippen LogP contribution in [0.15, 0.2) is 0 Å². The van der Waals surface area contributed by atoms with E-state index < -0.39 is 0 Å². The topological polar surface area (TPSA) is 46.3 Å². The predicted molar refractivity (Wildman–Crippen MR) is 69.5 cm³/mol. The Morgan fingerprint density at radius 1 is 1.24 bits per heavy atom. The minimum Gasteiger partial charge on any atom is -0.340 e. The Balaban J connectivity index is 2.03. The van der Waals surface area contributed by atoms with Gasteiger partial charge < -0.3 is 10.6 Å². The first-order valence-electron chi connectivity index (χ1n) is 7.06. The van der Waals surface area contributed by atoms with E-state index in [1.165, 1.54) is 19.3 Å². The highest BCUT2D eigenvalue weighted by molar-refractivity contribution is 5.82. The molecule has 0 spiro atoms. The average molecular weight is 238 g/mol. The van der Waals surface area contributed by atoms with Crippen molar-refractivity contribution in [2.45, 2.75) is 58.4 Å². The molecule has 0 aromatic rings. The Kier molecular flexibility index (Phi) is 3.76. The number of nitrogens with zero attached hydrogens (tertiary/aromatic N) is 1. The lowest BCUT2D eigenvalue weighted by Crippen LogP contribution is -2.53. The number of hydrogen-bond donors (Lipinski definition) is 1. The van der Waals surface area contributed by atoms with Crippen LogP contribution in [0.2, 0.25) is 0 Å². The Bertz CT molecular complexity index is 274. The lowest BCUT2D eigenvalue weighted by atomic mass is 9.74. The zero-order chi connectivity index (χ0) is 12.5. The van der Waals surface area contributed by atoms with E-state index in [1.807, 2.05) is 4.90 Å². The van der Waals surface area contributed by atoms with Gasteiger partial charge in [-0.1, -0.05) is 33.1 Å². The lowest BCUT2D eigenvalue weighted by molar-refractivity contribution is -0.145. The minimum absolute atomic E-state index is 0.102. The molecule has 2 unspecified atom stereocenters. The molecule has 0 bridgehead atoms. The van der Waals surface area contributed by atoms with Crippen LogP contribution in [0, 0.1) is 11.3 Å². The fourth-order valence-corrected chi connectivity index (χ4v) is 3.49. The summed E-state index contributed by atoms with van der Waals surface area (Å²) < 4.78 is 0. The largest absolute Gasteiger partial charge is 0.340 e. The van der Waals surface area contributed by atoms with Gasteiger partial charge >= 0.3 is 0 Å². The number of piperidine rings is 1. The summed E-state index contributed by atoms with van der Waals surface area (Å²) in [7, 11) is 0. The van der Waals surface area contributed by atoms with Crippen LogP contribution < -0.4 is 5.73 Å². The average Bonchev–Trinajstić information content (AvgIpc) is 2.27. The maximum absolute atomic E-state index is 12.6. The van der Waals surface area contributed by atoms with E-state index in [0.717, 1.165) is 32.4 Å². The zero-order valence-electron chi connectivity index (χ0n) is 11.2. The predicted octanol–water partition coefficient (Wildman–Crippen LogP) is 2.15. The highest BCUT2D eigenvalue weighted by atomic mass is 16.2. The molecular formula is C14H26N2O. The molecule has 2 fully saturated rings. The van der Waals surface area contributed by atoms with E-state index in [1.54, 1.807) is 0 Å². The van der Waals surface area contributed by atoms with Crippen molar-refractivity contribution in [3.05, 3.63) is 0 Å². The molecule has 17 heavy (non-hydrogen) atoms. The number of amides is 1. The highest BCUT2D eigenvalue weighted by Crippen LogP contribution is 2.38. The van der Waals surface area contributed by atoms with Crippen molar-refractivity contribution in [3.8, 4) is 0 Å². The molecule has 3 nitrogen and oxygen atoms in total. The van der Waals surface area contributed by atoms with Crippen LogP contribution in [0.25, 0.3) is 0 Å². The first-order chi connectivity index (χ1) is 8.01. The van der Waals surface area contributed by atoms with Crippen LogP contribution in [-0.2, 0) is 4.79 Å². The summed E-state index contributed by atoms with van der Waals surface area (Å²) >= 11 is 0. The normalized spacial score (nSPS) is 33.5. The summed E-state index contributed by atoms with van der Waals surface area (Å²) in [5.74, 6) is 0.911. The Labute approximate surface area is 105 Å². The van der Waals surface area contributed by atoms with Crippen LogP contribution in [0.4, 0.5) is 0 Å². The molecule has 1 aliphatic carbocycles. The lowest BCUT2D eigenvalue weighted by Gasteiger charge is -2.41. The molecule has 0 aromatic heterocycles. The quantitative estimate of drug-likeness (QED) is 0.761. The van der Waals surface area contributed by atoms with Gasteiger partial charge in [0, 0.05) is 24.5 Å². The zero-order valence-corrected chi connectivity index (χ0v) is 11.2. The third kappa shape index (κ3) is 2.82. The molecule has 1 saturated carbocycles. The van der Waals surface area contributed by atoms with E-state index in [9.17, 15) is 4.79 Å². The molecule has 2 N–H and O–H groups in total. The highest BCUT2D eigenvalue weighted by Gasteiger charge is 2.39. The number of hydrogen-bond acceptors (Lipinski definition) is 2. The van der Waals surface area contributed by atoms with Crippen molar-refractivity contribution in [2.24, 2.45) is 17.1 Å². The number of rotatable bonds is 1. The fourth-order valence-electron chi connectivity index (χ4n) is 3.49. The standard InChI is InChI=1S/C14H26N2O/c1-11-8-12(15)10-16(9-11)13(17)14(2)6-4-3-5-7-14/h11-12H,3-10,15H2,1-2H3. The molecule has 2 rings (SSSR count). The number of carbonyl (C=O) groups excluding carboxylic acids is 1. The Morgan fingerprint density at radius 3 is 2.47 bits per heavy atom. The van der Waals surface area contributed by atoms with Crippen LogP contribution in [0.3, 0.4) is 0 Å². The third-order valence-electron chi connectivity index (χ3n) is 4.45. The van der Waals surface area contributed by atoms with Crippen LogP contribution in [-0.4, -0.2) is 29.9 Å². The van der Waals surface area contributed by atoms with E-state index >= 15 is 0 Å². The van der Waals surface area contributed by atoms with Crippen molar-refractivity contribution in [2.75, 3.05) is 13.1 Å². The van der Waals surface area contributed by atoms with E-state index in [2.05, 4.69) is 13.8 Å². The molecule has 1 saturated heterocycles. The smallest absolute Gasteiger partial charge is 0.228 e. The first kappa shape index (κ1) is 12.9. The molecule has 0 radical (unpaired) electrons. The van der Waals surface area contributed by atoms with Crippen molar-refractivity contribution in [1.82, 2.24) is 4.90 Å². The molecule has 2 atom stereocenters. The molecule has 0 aromatic carbocycles. The summed E-state index contributed by atoms with van der Waals surface area (Å²) in [5.41, 5.74) is 5.93. The van der Waals surface area contributed by atoms with Gasteiger partial charge in [0.05, 0.1) is 0 Å². The Hall–Kier alpha value is -0.570. The monoisotopic (exact) mass is 238 g/mol. The molecule has 3 heteroatoms. The molecule has 1 amide bonds. The van der Waals surface area contributed by atoms with Gasteiger partial charge in [-0.15, -0.1) is 0 Å². The van der Waals surface area contributed by atoms with Crippen molar-refractivity contribution in [3.63, 3.8) is 0 Å². The van der Waals surface area contributed by atoms with Gasteiger partial charge in [0.25, 0.3) is 0 Å². The molecule has 2 aliphatic rings. The van der Waals surface area contributed by atoms with Gasteiger partial charge in [-0.2, -0.15) is 0 Å². The second-order valence-corrected chi connectivity index (χ2v) is 6.43. The molecule has 1 heterocycles. The van der Waals surface area contributed by atoms with Crippen molar-refractivity contribution < 1.29 is 4.79 Å². The van der Waals surface area contributed by atoms with Gasteiger partial charge in [-0.05, 0) is 25.2 Å². The maximum Gasteiger partial charge on any atom is 0.228 e. The van der Waals surface area contributed by atoms with Gasteiger partial charge in [0.1, 0.15) is 0 Å². The van der Waals surface area contributed by atoms with Gasteiger partial charge in [-0.3, -0.25) is 4.79 Å². The van der Waals surface area contributed by atoms with E-state index in [0.29, 0.717) is 11.8 Å². The summed E-state index contributed by atoms with van der Waals surface area (Å²) in [6.45, 7) is 6.02. The van der Waals surface area contributed by atoms with Gasteiger partial charge in [-0.25, -0.2) is 0 Å². The SMILES string of the molecule is CC1CC(N)CN(C(=O)C2(C)CCCCC2)C1. The van der Waals surface area contributed by atoms with Gasteiger partial charge in [0.15, 0.2) is 0 Å². The maximum atomic E-state index is 12.6. The van der Waals surface area contributed by atoms with Crippen LogP contribution in [0.5, 0.6) is 0 Å². The van der Waals surface area contributed by atoms with Crippen molar-refractivity contribution >= 4 is 5.91 Å². The number of nitrogens with two attached hydrogens (primary N) is 1. The molecule has 1 aliphatic heterocycles. The first-order valence-corrected chi connectivity index (χ1v) is 7.06. The fraction of sp³-hybridized carbons (Fsp3) is 0.929. The minimum atomic E-state index is -0.102. The summed E-state index contributed by atoms with van der Waals surface area (Å²) in [4.78, 5) is 14.7.